The van der Waals surface area contributed by atoms with Gasteiger partial charge in [0.15, 0.2) is 5.16 Å². The molecular weight excluding hydrogens is 356 g/mol. The molecule has 25 heavy (non-hydrogen) atoms. The standard InChI is InChI=1S/C19H17ClN2O2S/c20-15-8-2-4-10-17(15)22-18(23)14-7-1-3-9-16(14)21-19(22)25-12-13-6-5-11-24-13/h1-4,7-10,13H,5-6,11-12H2. The predicted molar refractivity (Wildman–Crippen MR) is 102 cm³/mol. The van der Waals surface area contributed by atoms with E-state index in [1.54, 1.807) is 28.5 Å². The Kier molecular flexibility index (Phi) is 4.79. The van der Waals surface area contributed by atoms with Gasteiger partial charge in [-0.05, 0) is 37.1 Å². The third kappa shape index (κ3) is 3.32. The fourth-order valence-electron chi connectivity index (χ4n) is 3.00. The van der Waals surface area contributed by atoms with Crippen molar-refractivity contribution in [1.82, 2.24) is 9.55 Å². The van der Waals surface area contributed by atoms with E-state index in [4.69, 9.17) is 21.3 Å². The van der Waals surface area contributed by atoms with Crippen LogP contribution in [0.4, 0.5) is 0 Å². The SMILES string of the molecule is O=c1c2ccccc2nc(SCC2CCCO2)n1-c1ccccc1Cl. The van der Waals surface area contributed by atoms with Crippen LogP contribution < -0.4 is 5.56 Å². The third-order valence-electron chi connectivity index (χ3n) is 4.26. The van der Waals surface area contributed by atoms with Gasteiger partial charge < -0.3 is 4.74 Å². The lowest BCUT2D eigenvalue weighted by Crippen LogP contribution is -2.22. The van der Waals surface area contributed by atoms with Crippen molar-refractivity contribution in [2.45, 2.75) is 24.1 Å². The minimum Gasteiger partial charge on any atom is -0.377 e. The lowest BCUT2D eigenvalue weighted by Gasteiger charge is -2.15. The fraction of sp³-hybridized carbons (Fsp3) is 0.263. The van der Waals surface area contributed by atoms with Crippen LogP contribution in [0.15, 0.2) is 58.5 Å². The highest BCUT2D eigenvalue weighted by molar-refractivity contribution is 7.99. The number of hydrogen-bond donors (Lipinski definition) is 0. The van der Waals surface area contributed by atoms with Crippen molar-refractivity contribution in [1.29, 1.82) is 0 Å². The topological polar surface area (TPSA) is 44.1 Å². The normalized spacial score (nSPS) is 17.2. The summed E-state index contributed by atoms with van der Waals surface area (Å²) < 4.78 is 7.32. The van der Waals surface area contributed by atoms with Crippen LogP contribution in [0.25, 0.3) is 16.6 Å². The van der Waals surface area contributed by atoms with E-state index in [0.717, 1.165) is 25.2 Å². The van der Waals surface area contributed by atoms with Crippen LogP contribution >= 0.6 is 23.4 Å². The van der Waals surface area contributed by atoms with Crippen LogP contribution in [0.5, 0.6) is 0 Å². The minimum absolute atomic E-state index is 0.103. The summed E-state index contributed by atoms with van der Waals surface area (Å²) in [5, 5.41) is 1.76. The fourth-order valence-corrected chi connectivity index (χ4v) is 4.29. The number of nitrogens with zero attached hydrogens (tertiary/aromatic N) is 2. The number of para-hydroxylation sites is 2. The summed E-state index contributed by atoms with van der Waals surface area (Å²) in [5.74, 6) is 0.773. The molecule has 1 unspecified atom stereocenters. The molecule has 0 spiro atoms. The Morgan fingerprint density at radius 3 is 2.80 bits per heavy atom. The first-order valence-electron chi connectivity index (χ1n) is 8.25. The van der Waals surface area contributed by atoms with E-state index in [1.807, 2.05) is 36.4 Å². The van der Waals surface area contributed by atoms with E-state index in [1.165, 1.54) is 0 Å². The number of rotatable bonds is 4. The second kappa shape index (κ2) is 7.20. The molecule has 0 aliphatic carbocycles. The molecule has 1 saturated heterocycles. The average molecular weight is 373 g/mol. The van der Waals surface area contributed by atoms with Crippen LogP contribution in [0, 0.1) is 0 Å². The lowest BCUT2D eigenvalue weighted by molar-refractivity contribution is 0.129. The minimum atomic E-state index is -0.103. The number of ether oxygens (including phenoxy) is 1. The molecule has 1 aliphatic heterocycles. The molecule has 4 nitrogen and oxygen atoms in total. The van der Waals surface area contributed by atoms with Gasteiger partial charge in [-0.3, -0.25) is 9.36 Å². The number of halogens is 1. The Hall–Kier alpha value is -1.82. The zero-order valence-corrected chi connectivity index (χ0v) is 15.1. The highest BCUT2D eigenvalue weighted by Gasteiger charge is 2.19. The van der Waals surface area contributed by atoms with Crippen molar-refractivity contribution in [3.63, 3.8) is 0 Å². The number of aromatic nitrogens is 2. The lowest BCUT2D eigenvalue weighted by atomic mass is 10.2. The Balaban J connectivity index is 1.85. The zero-order valence-electron chi connectivity index (χ0n) is 13.5. The van der Waals surface area contributed by atoms with Crippen LogP contribution in [-0.2, 0) is 4.74 Å². The molecule has 0 radical (unpaired) electrons. The van der Waals surface area contributed by atoms with Crippen molar-refractivity contribution in [2.75, 3.05) is 12.4 Å². The second-order valence-corrected chi connectivity index (χ2v) is 7.34. The Morgan fingerprint density at radius 1 is 1.20 bits per heavy atom. The summed E-state index contributed by atoms with van der Waals surface area (Å²) >= 11 is 7.90. The predicted octanol–water partition coefficient (Wildman–Crippen LogP) is 4.31. The first-order chi connectivity index (χ1) is 12.2. The summed E-state index contributed by atoms with van der Waals surface area (Å²) in [5.41, 5.74) is 1.25. The van der Waals surface area contributed by atoms with Gasteiger partial charge in [-0.2, -0.15) is 0 Å². The molecule has 1 aliphatic rings. The molecule has 0 N–H and O–H groups in total. The molecule has 1 atom stereocenters. The van der Waals surface area contributed by atoms with Gasteiger partial charge in [-0.15, -0.1) is 0 Å². The van der Waals surface area contributed by atoms with E-state index in [2.05, 4.69) is 0 Å². The number of thioether (sulfide) groups is 1. The van der Waals surface area contributed by atoms with Crippen molar-refractivity contribution in [2.24, 2.45) is 0 Å². The van der Waals surface area contributed by atoms with Gasteiger partial charge in [0.1, 0.15) is 0 Å². The molecule has 0 saturated carbocycles. The maximum atomic E-state index is 13.1. The first kappa shape index (κ1) is 16.6. The van der Waals surface area contributed by atoms with Crippen molar-refractivity contribution in [3.8, 4) is 5.69 Å². The molecule has 128 valence electrons. The molecular formula is C19H17ClN2O2S. The van der Waals surface area contributed by atoms with Crippen LogP contribution in [0.3, 0.4) is 0 Å². The van der Waals surface area contributed by atoms with Gasteiger partial charge in [-0.1, -0.05) is 47.6 Å². The molecule has 4 rings (SSSR count). The Morgan fingerprint density at radius 2 is 2.00 bits per heavy atom. The van der Waals surface area contributed by atoms with E-state index in [0.29, 0.717) is 26.8 Å². The largest absolute Gasteiger partial charge is 0.377 e. The molecule has 1 aromatic heterocycles. The summed E-state index contributed by atoms with van der Waals surface area (Å²) in [6, 6.07) is 14.8. The summed E-state index contributed by atoms with van der Waals surface area (Å²) in [7, 11) is 0. The molecule has 2 aromatic carbocycles. The number of benzene rings is 2. The highest BCUT2D eigenvalue weighted by Crippen LogP contribution is 2.27. The summed E-state index contributed by atoms with van der Waals surface area (Å²) in [6.07, 6.45) is 2.36. The van der Waals surface area contributed by atoms with E-state index in [-0.39, 0.29) is 11.7 Å². The van der Waals surface area contributed by atoms with E-state index < -0.39 is 0 Å². The third-order valence-corrected chi connectivity index (χ3v) is 5.65. The van der Waals surface area contributed by atoms with Gasteiger partial charge >= 0.3 is 0 Å². The van der Waals surface area contributed by atoms with Crippen LogP contribution in [-0.4, -0.2) is 28.0 Å². The van der Waals surface area contributed by atoms with Gasteiger partial charge in [0.05, 0.1) is 27.7 Å². The zero-order chi connectivity index (χ0) is 17.2. The Bertz CT molecular complexity index is 967. The molecule has 2 heterocycles. The highest BCUT2D eigenvalue weighted by atomic mass is 35.5. The average Bonchev–Trinajstić information content (AvgIpc) is 3.15. The smallest absolute Gasteiger partial charge is 0.266 e. The van der Waals surface area contributed by atoms with Crippen LogP contribution in [0.2, 0.25) is 5.02 Å². The molecule has 0 amide bonds. The van der Waals surface area contributed by atoms with Gasteiger partial charge in [0, 0.05) is 12.4 Å². The van der Waals surface area contributed by atoms with Crippen molar-refractivity contribution >= 4 is 34.3 Å². The van der Waals surface area contributed by atoms with Crippen molar-refractivity contribution < 1.29 is 4.74 Å². The molecule has 1 fully saturated rings. The Labute approximate surface area is 154 Å². The summed E-state index contributed by atoms with van der Waals surface area (Å²) in [6.45, 7) is 0.813. The summed E-state index contributed by atoms with van der Waals surface area (Å²) in [4.78, 5) is 17.8. The van der Waals surface area contributed by atoms with E-state index in [9.17, 15) is 4.79 Å². The first-order valence-corrected chi connectivity index (χ1v) is 9.61. The van der Waals surface area contributed by atoms with Gasteiger partial charge in [0.2, 0.25) is 0 Å². The van der Waals surface area contributed by atoms with Crippen LogP contribution in [0.1, 0.15) is 12.8 Å². The molecule has 0 bridgehead atoms. The maximum absolute atomic E-state index is 13.1. The number of hydrogen-bond acceptors (Lipinski definition) is 4. The number of fused-ring (bicyclic) bond motifs is 1. The molecule has 6 heteroatoms. The van der Waals surface area contributed by atoms with E-state index >= 15 is 0 Å². The second-order valence-electron chi connectivity index (χ2n) is 5.95. The van der Waals surface area contributed by atoms with Crippen molar-refractivity contribution in [3.05, 3.63) is 63.9 Å². The van der Waals surface area contributed by atoms with Gasteiger partial charge in [-0.25, -0.2) is 4.98 Å². The maximum Gasteiger partial charge on any atom is 0.266 e. The molecule has 3 aromatic rings. The quantitative estimate of drug-likeness (QED) is 0.505. The monoisotopic (exact) mass is 372 g/mol. The van der Waals surface area contributed by atoms with Gasteiger partial charge in [0.25, 0.3) is 5.56 Å².